The summed E-state index contributed by atoms with van der Waals surface area (Å²) in [6.45, 7) is 3.96. The molecule has 0 spiro atoms. The van der Waals surface area contributed by atoms with Crippen molar-refractivity contribution >= 4 is 19.9 Å². The molecule has 1 amide bonds. The van der Waals surface area contributed by atoms with E-state index in [4.69, 9.17) is 29.5 Å². The summed E-state index contributed by atoms with van der Waals surface area (Å²) >= 11 is 0. The van der Waals surface area contributed by atoms with Crippen LogP contribution in [0, 0.1) is 0 Å². The van der Waals surface area contributed by atoms with E-state index < -0.39 is 38.7 Å². The summed E-state index contributed by atoms with van der Waals surface area (Å²) in [7, 11) is 1.42. The fourth-order valence-electron chi connectivity index (χ4n) is 1.63. The van der Waals surface area contributed by atoms with Gasteiger partial charge >= 0.3 is 19.9 Å². The number of nitrogens with one attached hydrogen (secondary N) is 1. The maximum Gasteiger partial charge on any atom is 0.469 e. The van der Waals surface area contributed by atoms with E-state index in [1.807, 2.05) is 6.92 Å². The van der Waals surface area contributed by atoms with E-state index in [0.29, 0.717) is 6.61 Å². The molecule has 5 N–H and O–H groups in total. The van der Waals surface area contributed by atoms with Crippen LogP contribution in [0.2, 0.25) is 0 Å². The van der Waals surface area contributed by atoms with Crippen LogP contribution in [0.3, 0.4) is 0 Å². The maximum atomic E-state index is 11.5. The van der Waals surface area contributed by atoms with Crippen molar-refractivity contribution in [2.24, 2.45) is 0 Å². The van der Waals surface area contributed by atoms with Crippen LogP contribution in [0.1, 0.15) is 33.1 Å². The first-order valence-corrected chi connectivity index (χ1v) is 11.3. The van der Waals surface area contributed by atoms with Gasteiger partial charge in [0.1, 0.15) is 6.54 Å². The molecule has 0 saturated heterocycles. The third-order valence-electron chi connectivity index (χ3n) is 3.34. The Morgan fingerprint density at radius 2 is 1.74 bits per heavy atom. The van der Waals surface area contributed by atoms with Gasteiger partial charge in [0, 0.05) is 6.61 Å². The zero-order valence-electron chi connectivity index (χ0n) is 18.9. The monoisotopic (exact) mass is 477 g/mol. The molecule has 0 saturated carbocycles. The van der Waals surface area contributed by atoms with E-state index in [9.17, 15) is 14.2 Å². The molecule has 0 heterocycles. The molecule has 0 aromatic heterocycles. The number of unbranched alkanes of at least 4 members (excludes halogenated alkanes) is 2. The van der Waals surface area contributed by atoms with Crippen molar-refractivity contribution in [2.75, 3.05) is 54.1 Å². The lowest BCUT2D eigenvalue weighted by atomic mass is 10.3. The summed E-state index contributed by atoms with van der Waals surface area (Å²) in [5.41, 5.74) is 1.75. The Morgan fingerprint density at radius 1 is 1.13 bits per heavy atom. The molecule has 186 valence electrons. The van der Waals surface area contributed by atoms with Crippen molar-refractivity contribution in [1.29, 1.82) is 0 Å². The highest BCUT2D eigenvalue weighted by molar-refractivity contribution is 7.46. The van der Waals surface area contributed by atoms with Crippen molar-refractivity contribution in [3.05, 3.63) is 0 Å². The van der Waals surface area contributed by atoms with E-state index in [0.717, 1.165) is 30.3 Å². The Morgan fingerprint density at radius 3 is 2.16 bits per heavy atom. The van der Waals surface area contributed by atoms with Gasteiger partial charge in [-0.15, -0.1) is 0 Å². The Kier molecular flexibility index (Phi) is 17.8. The third kappa shape index (κ3) is 24.8. The fraction of sp³-hybridized carbons (Fsp3) is 0.882. The minimum atomic E-state index is -4.73. The molecular formula is C17H38N2O11P+. The summed E-state index contributed by atoms with van der Waals surface area (Å²) < 4.78 is 25.9. The molecule has 13 nitrogen and oxygen atoms in total. The van der Waals surface area contributed by atoms with E-state index in [-0.39, 0.29) is 13.2 Å². The van der Waals surface area contributed by atoms with E-state index in [1.165, 1.54) is 6.92 Å². The molecule has 2 atom stereocenters. The van der Waals surface area contributed by atoms with E-state index in [2.05, 4.69) is 30.5 Å². The van der Waals surface area contributed by atoms with Crippen LogP contribution in [0.25, 0.3) is 0 Å². The molecule has 14 heteroatoms. The van der Waals surface area contributed by atoms with Gasteiger partial charge in [0.05, 0.1) is 41.0 Å². The maximum absolute atomic E-state index is 11.5. The second-order valence-corrected chi connectivity index (χ2v) is 8.77. The quantitative estimate of drug-likeness (QED) is 0.0958. The standard InChI is InChI=1S/C12H24NO10P.C5H14NO/c1-3-4-5-6-20-7-10(8-21-24(17,18)19)22-12(16)13-23-9(2)11(14)15;1-6(2,3)4-5-7/h9-10H,3-8H2,1-2H3,(H,13,16)(H,14,15)(H2,17,18,19);7H,4-5H2,1-3H3/q;+1. The highest BCUT2D eigenvalue weighted by atomic mass is 31.2. The zero-order chi connectivity index (χ0) is 24.5. The number of hydrogen-bond donors (Lipinski definition) is 5. The predicted octanol–water partition coefficient (Wildman–Crippen LogP) is 0.487. The van der Waals surface area contributed by atoms with Crippen LogP contribution in [0.4, 0.5) is 4.79 Å². The number of carbonyl (C=O) groups is 2. The van der Waals surface area contributed by atoms with Crippen LogP contribution in [-0.2, 0) is 28.2 Å². The molecule has 0 aromatic rings. The van der Waals surface area contributed by atoms with Crippen LogP contribution in [-0.4, -0.2) is 103 Å². The average molecular weight is 477 g/mol. The summed E-state index contributed by atoms with van der Waals surface area (Å²) in [5.74, 6) is -1.30. The molecular weight excluding hydrogens is 439 g/mol. The number of hydrogen-bond acceptors (Lipinski definition) is 8. The summed E-state index contributed by atoms with van der Waals surface area (Å²) in [4.78, 5) is 43.9. The van der Waals surface area contributed by atoms with Crippen molar-refractivity contribution in [2.45, 2.75) is 45.3 Å². The van der Waals surface area contributed by atoms with Crippen molar-refractivity contribution < 1.29 is 57.5 Å². The Labute approximate surface area is 183 Å². The van der Waals surface area contributed by atoms with Gasteiger partial charge in [-0.05, 0) is 13.3 Å². The van der Waals surface area contributed by atoms with Crippen LogP contribution in [0.15, 0.2) is 0 Å². The predicted molar refractivity (Wildman–Crippen MR) is 110 cm³/mol. The Bertz CT molecular complexity index is 537. The molecule has 0 bridgehead atoms. The Balaban J connectivity index is 0. The van der Waals surface area contributed by atoms with Gasteiger partial charge in [-0.1, -0.05) is 19.8 Å². The molecule has 31 heavy (non-hydrogen) atoms. The van der Waals surface area contributed by atoms with Gasteiger partial charge in [-0.25, -0.2) is 14.2 Å². The topological polar surface area (TPSA) is 181 Å². The number of ether oxygens (including phenoxy) is 2. The van der Waals surface area contributed by atoms with Gasteiger partial charge < -0.3 is 34.0 Å². The minimum absolute atomic E-state index is 0.147. The second-order valence-electron chi connectivity index (χ2n) is 7.53. The minimum Gasteiger partial charge on any atom is -0.479 e. The van der Waals surface area contributed by atoms with Gasteiger partial charge in [0.25, 0.3) is 0 Å². The van der Waals surface area contributed by atoms with Gasteiger partial charge in [0.2, 0.25) is 0 Å². The second kappa shape index (κ2) is 17.3. The normalized spacial score (nSPS) is 13.5. The van der Waals surface area contributed by atoms with Crippen molar-refractivity contribution in [3.8, 4) is 0 Å². The lowest BCUT2D eigenvalue weighted by Crippen LogP contribution is -2.37. The van der Waals surface area contributed by atoms with E-state index >= 15 is 0 Å². The molecule has 0 aliphatic carbocycles. The van der Waals surface area contributed by atoms with Crippen molar-refractivity contribution in [3.63, 3.8) is 0 Å². The molecule has 2 unspecified atom stereocenters. The average Bonchev–Trinajstić information content (AvgIpc) is 2.62. The number of amides is 1. The molecule has 0 fully saturated rings. The Hall–Kier alpha value is -1.31. The van der Waals surface area contributed by atoms with Crippen LogP contribution < -0.4 is 5.48 Å². The number of aliphatic hydroxyl groups is 1. The van der Waals surface area contributed by atoms with E-state index in [1.54, 1.807) is 5.48 Å². The first-order chi connectivity index (χ1) is 14.2. The molecule has 0 aliphatic rings. The van der Waals surface area contributed by atoms with Gasteiger partial charge in [-0.2, -0.15) is 5.48 Å². The summed E-state index contributed by atoms with van der Waals surface area (Å²) in [5, 5.41) is 17.0. The lowest BCUT2D eigenvalue weighted by molar-refractivity contribution is -0.870. The number of phosphoric acid groups is 1. The highest BCUT2D eigenvalue weighted by Crippen LogP contribution is 2.35. The molecule has 0 radical (unpaired) electrons. The van der Waals surface area contributed by atoms with Gasteiger partial charge in [0.15, 0.2) is 12.2 Å². The molecule has 0 rings (SSSR count). The number of carboxylic acids is 1. The largest absolute Gasteiger partial charge is 0.479 e. The number of aliphatic hydroxyl groups excluding tert-OH is 1. The van der Waals surface area contributed by atoms with Gasteiger partial charge in [-0.3, -0.25) is 9.36 Å². The number of hydroxylamine groups is 1. The number of likely N-dealkylation sites (N-methyl/N-ethyl adjacent to an activating group) is 1. The number of rotatable bonds is 15. The van der Waals surface area contributed by atoms with Crippen LogP contribution >= 0.6 is 7.82 Å². The lowest BCUT2D eigenvalue weighted by Gasteiger charge is -2.21. The third-order valence-corrected chi connectivity index (χ3v) is 3.82. The highest BCUT2D eigenvalue weighted by Gasteiger charge is 2.22. The van der Waals surface area contributed by atoms with Crippen LogP contribution in [0.5, 0.6) is 0 Å². The fourth-order valence-corrected chi connectivity index (χ4v) is 1.99. The number of aliphatic carboxylic acids is 1. The first kappa shape index (κ1) is 31.9. The number of phosphoric ester groups is 1. The number of carbonyl (C=O) groups excluding carboxylic acids is 1. The smallest absolute Gasteiger partial charge is 0.469 e. The number of quaternary nitrogens is 1. The summed E-state index contributed by atoms with van der Waals surface area (Å²) in [6, 6.07) is 0. The number of nitrogens with zero attached hydrogens (tertiary/aromatic N) is 1. The first-order valence-electron chi connectivity index (χ1n) is 9.76. The SMILES string of the molecule is CCCCCOCC(COP(=O)(O)O)OC(=O)NOC(C)C(=O)O.C[N+](C)(C)CCO. The zero-order valence-corrected chi connectivity index (χ0v) is 19.7. The molecule has 0 aliphatic heterocycles. The summed E-state index contributed by atoms with van der Waals surface area (Å²) in [6.07, 6.45) is -0.818. The van der Waals surface area contributed by atoms with Crippen molar-refractivity contribution in [1.82, 2.24) is 5.48 Å². The molecule has 0 aromatic carbocycles. The number of carboxylic acid groups (broad SMARTS) is 1.